The number of amides is 1. The van der Waals surface area contributed by atoms with Crippen LogP contribution in [0, 0.1) is 27.7 Å². The average Bonchev–Trinajstić information content (AvgIpc) is 3.13. The fraction of sp³-hybridized carbons (Fsp3) is 0.214. The van der Waals surface area contributed by atoms with Crippen LogP contribution < -0.4 is 4.72 Å². The number of benzene rings is 3. The van der Waals surface area contributed by atoms with Crippen LogP contribution in [0.3, 0.4) is 0 Å². The van der Waals surface area contributed by atoms with Crippen molar-refractivity contribution in [3.8, 4) is 27.9 Å². The Bertz CT molecular complexity index is 1520. The van der Waals surface area contributed by atoms with Gasteiger partial charge in [0.2, 0.25) is 0 Å². The lowest BCUT2D eigenvalue weighted by Gasteiger charge is -2.13. The fourth-order valence-corrected chi connectivity index (χ4v) is 5.35. The average molecular weight is 504 g/mol. The number of hydrogen-bond acceptors (Lipinski definition) is 5. The lowest BCUT2D eigenvalue weighted by Crippen LogP contribution is -2.31. The number of hydrogen-bond donors (Lipinski definition) is 1. The summed E-state index contributed by atoms with van der Waals surface area (Å²) in [5.74, 6) is 0. The second kappa shape index (κ2) is 9.99. The molecule has 0 spiro atoms. The first kappa shape index (κ1) is 25.2. The molecule has 0 atom stereocenters. The molecule has 0 unspecified atom stereocenters. The van der Waals surface area contributed by atoms with Crippen molar-refractivity contribution in [3.05, 3.63) is 89.2 Å². The number of rotatable bonds is 6. The van der Waals surface area contributed by atoms with E-state index in [0.717, 1.165) is 33.8 Å². The number of carbonyl (C=O) groups excluding carboxylic acids is 1. The molecular formula is C28H29N3O4S. The highest BCUT2D eigenvalue weighted by atomic mass is 32.2. The van der Waals surface area contributed by atoms with E-state index < -0.39 is 16.1 Å². The van der Waals surface area contributed by atoms with Gasteiger partial charge in [0.05, 0.1) is 22.9 Å². The number of aryl methyl sites for hydroxylation is 3. The van der Waals surface area contributed by atoms with Gasteiger partial charge < -0.3 is 4.74 Å². The van der Waals surface area contributed by atoms with Crippen LogP contribution in [0.15, 0.2) is 71.6 Å². The summed E-state index contributed by atoms with van der Waals surface area (Å²) in [6.07, 6.45) is -1.01. The standard InChI is InChI=1S/C28H29N3O4S/c1-6-35-28(32)30-36(33,34)26-16-9-19(3)17-25(26)22-12-14-24(15-13-22)31-21(5)27(20(4)29-31)23-10-7-18(2)8-11-23/h7-17H,6H2,1-5H3,(H,30,32). The first-order valence-electron chi connectivity index (χ1n) is 11.6. The van der Waals surface area contributed by atoms with E-state index in [9.17, 15) is 13.2 Å². The van der Waals surface area contributed by atoms with Crippen molar-refractivity contribution in [1.29, 1.82) is 0 Å². The van der Waals surface area contributed by atoms with Crippen LogP contribution in [-0.2, 0) is 14.8 Å². The van der Waals surface area contributed by atoms with E-state index in [1.54, 1.807) is 19.1 Å². The molecule has 0 aliphatic rings. The second-order valence-electron chi connectivity index (χ2n) is 8.70. The Morgan fingerprint density at radius 1 is 0.889 bits per heavy atom. The molecule has 0 radical (unpaired) electrons. The van der Waals surface area contributed by atoms with Gasteiger partial charge in [0.1, 0.15) is 0 Å². The van der Waals surface area contributed by atoms with Crippen molar-refractivity contribution in [2.24, 2.45) is 0 Å². The molecule has 0 bridgehead atoms. The van der Waals surface area contributed by atoms with Crippen LogP contribution in [0.5, 0.6) is 0 Å². The van der Waals surface area contributed by atoms with Gasteiger partial charge in [0.25, 0.3) is 10.0 Å². The molecule has 36 heavy (non-hydrogen) atoms. The Kier molecular flexibility index (Phi) is 6.99. The van der Waals surface area contributed by atoms with Gasteiger partial charge in [-0.2, -0.15) is 5.10 Å². The van der Waals surface area contributed by atoms with Crippen LogP contribution in [-0.4, -0.2) is 30.9 Å². The first-order chi connectivity index (χ1) is 17.1. The third-order valence-electron chi connectivity index (χ3n) is 5.97. The van der Waals surface area contributed by atoms with E-state index >= 15 is 0 Å². The van der Waals surface area contributed by atoms with Crippen LogP contribution in [0.25, 0.3) is 27.9 Å². The van der Waals surface area contributed by atoms with Crippen molar-refractivity contribution < 1.29 is 17.9 Å². The van der Waals surface area contributed by atoms with Crippen molar-refractivity contribution in [1.82, 2.24) is 14.5 Å². The van der Waals surface area contributed by atoms with Crippen LogP contribution in [0.2, 0.25) is 0 Å². The minimum Gasteiger partial charge on any atom is -0.449 e. The van der Waals surface area contributed by atoms with Gasteiger partial charge in [-0.1, -0.05) is 59.7 Å². The molecule has 8 heteroatoms. The summed E-state index contributed by atoms with van der Waals surface area (Å²) in [4.78, 5) is 11.8. The number of ether oxygens (including phenoxy) is 1. The van der Waals surface area contributed by atoms with E-state index in [1.165, 1.54) is 11.6 Å². The molecule has 0 fully saturated rings. The summed E-state index contributed by atoms with van der Waals surface area (Å²) in [7, 11) is -4.12. The highest BCUT2D eigenvalue weighted by molar-refractivity contribution is 7.90. The minimum atomic E-state index is -4.12. The number of aromatic nitrogens is 2. The molecule has 1 amide bonds. The summed E-state index contributed by atoms with van der Waals surface area (Å²) >= 11 is 0. The Morgan fingerprint density at radius 2 is 1.50 bits per heavy atom. The Balaban J connectivity index is 1.71. The molecular weight excluding hydrogens is 474 g/mol. The molecule has 4 rings (SSSR count). The van der Waals surface area contributed by atoms with Crippen molar-refractivity contribution in [2.45, 2.75) is 39.5 Å². The number of nitrogens with one attached hydrogen (secondary N) is 1. The van der Waals surface area contributed by atoms with Gasteiger partial charge in [0.15, 0.2) is 0 Å². The Labute approximate surface area is 211 Å². The molecule has 0 saturated carbocycles. The summed E-state index contributed by atoms with van der Waals surface area (Å²) < 4.78 is 34.5. The molecule has 1 heterocycles. The van der Waals surface area contributed by atoms with Gasteiger partial charge in [-0.05, 0) is 63.9 Å². The lowest BCUT2D eigenvalue weighted by molar-refractivity contribution is 0.158. The normalized spacial score (nSPS) is 11.4. The van der Waals surface area contributed by atoms with E-state index in [0.29, 0.717) is 11.1 Å². The maximum absolute atomic E-state index is 12.9. The van der Waals surface area contributed by atoms with E-state index in [4.69, 9.17) is 9.84 Å². The highest BCUT2D eigenvalue weighted by Gasteiger charge is 2.23. The molecule has 1 aromatic heterocycles. The first-order valence-corrected chi connectivity index (χ1v) is 13.1. The zero-order valence-electron chi connectivity index (χ0n) is 21.0. The second-order valence-corrected chi connectivity index (χ2v) is 10.3. The monoisotopic (exact) mass is 503 g/mol. The topological polar surface area (TPSA) is 90.3 Å². The maximum atomic E-state index is 12.9. The van der Waals surface area contributed by atoms with Gasteiger partial charge >= 0.3 is 6.09 Å². The minimum absolute atomic E-state index is 0.00155. The van der Waals surface area contributed by atoms with E-state index in [-0.39, 0.29) is 11.5 Å². The molecule has 3 aromatic carbocycles. The van der Waals surface area contributed by atoms with Gasteiger partial charge in [0, 0.05) is 16.8 Å². The highest BCUT2D eigenvalue weighted by Crippen LogP contribution is 2.32. The molecule has 186 valence electrons. The molecule has 1 N–H and O–H groups in total. The predicted octanol–water partition coefficient (Wildman–Crippen LogP) is 5.87. The fourth-order valence-electron chi connectivity index (χ4n) is 4.24. The zero-order chi connectivity index (χ0) is 26.0. The van der Waals surface area contributed by atoms with Gasteiger partial charge in [-0.15, -0.1) is 0 Å². The number of sulfonamides is 1. The molecule has 0 aliphatic carbocycles. The summed E-state index contributed by atoms with van der Waals surface area (Å²) in [5.41, 5.74) is 8.30. The van der Waals surface area contributed by atoms with Crippen molar-refractivity contribution in [2.75, 3.05) is 6.61 Å². The van der Waals surface area contributed by atoms with Crippen molar-refractivity contribution in [3.63, 3.8) is 0 Å². The Hall–Kier alpha value is -3.91. The van der Waals surface area contributed by atoms with Crippen LogP contribution in [0.1, 0.15) is 29.4 Å². The van der Waals surface area contributed by atoms with Gasteiger partial charge in [-0.3, -0.25) is 0 Å². The van der Waals surface area contributed by atoms with Crippen molar-refractivity contribution >= 4 is 16.1 Å². The molecule has 4 aromatic rings. The van der Waals surface area contributed by atoms with Crippen LogP contribution >= 0.6 is 0 Å². The van der Waals surface area contributed by atoms with Crippen LogP contribution in [0.4, 0.5) is 4.79 Å². The van der Waals surface area contributed by atoms with E-state index in [1.807, 2.05) is 54.4 Å². The number of nitrogens with zero attached hydrogens (tertiary/aromatic N) is 2. The summed E-state index contributed by atoms with van der Waals surface area (Å²) in [5, 5.41) is 4.76. The lowest BCUT2D eigenvalue weighted by atomic mass is 10.0. The molecule has 0 aliphatic heterocycles. The van der Waals surface area contributed by atoms with Gasteiger partial charge in [-0.25, -0.2) is 22.6 Å². The maximum Gasteiger partial charge on any atom is 0.421 e. The molecule has 7 nitrogen and oxygen atoms in total. The third-order valence-corrected chi connectivity index (χ3v) is 7.34. The summed E-state index contributed by atoms with van der Waals surface area (Å²) in [6, 6.07) is 20.9. The van der Waals surface area contributed by atoms with E-state index in [2.05, 4.69) is 31.2 Å². The third kappa shape index (κ3) is 5.04. The molecule has 0 saturated heterocycles. The smallest absolute Gasteiger partial charge is 0.421 e. The predicted molar refractivity (Wildman–Crippen MR) is 141 cm³/mol. The SMILES string of the molecule is CCOC(=O)NS(=O)(=O)c1ccc(C)cc1-c1ccc(-n2nc(C)c(-c3ccc(C)cc3)c2C)cc1. The largest absolute Gasteiger partial charge is 0.449 e. The summed E-state index contributed by atoms with van der Waals surface area (Å²) in [6.45, 7) is 9.66. The zero-order valence-corrected chi connectivity index (χ0v) is 21.8. The quantitative estimate of drug-likeness (QED) is 0.355. The Morgan fingerprint density at radius 3 is 2.14 bits per heavy atom. The number of carbonyl (C=O) groups is 1.